The van der Waals surface area contributed by atoms with Crippen LogP contribution in [0.1, 0.15) is 38.3 Å². The fourth-order valence-corrected chi connectivity index (χ4v) is 2.20. The smallest absolute Gasteiger partial charge is 0.137 e. The second-order valence-corrected chi connectivity index (χ2v) is 5.50. The third kappa shape index (κ3) is 4.84. The molecule has 3 N–H and O–H groups in total. The minimum atomic E-state index is -0.643. The first kappa shape index (κ1) is 17.8. The van der Waals surface area contributed by atoms with Gasteiger partial charge in [-0.3, -0.25) is 0 Å². The van der Waals surface area contributed by atoms with Crippen LogP contribution in [0.25, 0.3) is 0 Å². The van der Waals surface area contributed by atoms with E-state index in [1.807, 2.05) is 0 Å². The van der Waals surface area contributed by atoms with E-state index >= 15 is 0 Å². The summed E-state index contributed by atoms with van der Waals surface area (Å²) in [5.74, 6) is 0.168. The lowest BCUT2D eigenvalue weighted by Crippen LogP contribution is -2.27. The highest BCUT2D eigenvalue weighted by molar-refractivity contribution is 9.10. The van der Waals surface area contributed by atoms with E-state index in [-0.39, 0.29) is 18.2 Å². The maximum absolute atomic E-state index is 13.3. The Morgan fingerprint density at radius 2 is 1.94 bits per heavy atom. The van der Waals surface area contributed by atoms with Crippen molar-refractivity contribution in [2.24, 2.45) is 11.7 Å². The maximum Gasteiger partial charge on any atom is 0.137 e. The van der Waals surface area contributed by atoms with E-state index in [0.29, 0.717) is 22.4 Å². The number of halogens is 3. The van der Waals surface area contributed by atoms with Crippen molar-refractivity contribution in [1.29, 1.82) is 0 Å². The van der Waals surface area contributed by atoms with Gasteiger partial charge in [-0.05, 0) is 46.3 Å². The zero-order chi connectivity index (χ0) is 13.0. The normalized spacial score (nSPS) is 14.2. The quantitative estimate of drug-likeness (QED) is 0.856. The van der Waals surface area contributed by atoms with Crippen LogP contribution in [-0.2, 0) is 0 Å². The predicted molar refractivity (Wildman–Crippen MR) is 78.4 cm³/mol. The topological polar surface area (TPSA) is 46.2 Å². The average molecular weight is 341 g/mol. The van der Waals surface area contributed by atoms with Crippen LogP contribution in [0.2, 0.25) is 0 Å². The van der Waals surface area contributed by atoms with Crippen molar-refractivity contribution in [2.75, 3.05) is 0 Å². The molecule has 2 atom stereocenters. The molecule has 0 unspecified atom stereocenters. The molecular weight excluding hydrogens is 321 g/mol. The summed E-state index contributed by atoms with van der Waals surface area (Å²) in [5.41, 5.74) is 6.56. The molecule has 0 aliphatic carbocycles. The largest absolute Gasteiger partial charge is 0.391 e. The van der Waals surface area contributed by atoms with E-state index in [1.54, 1.807) is 12.1 Å². The average Bonchev–Trinajstić information content (AvgIpc) is 2.28. The zero-order valence-electron chi connectivity index (χ0n) is 10.6. The lowest BCUT2D eigenvalue weighted by atomic mass is 9.96. The molecule has 0 amide bonds. The Balaban J connectivity index is 0.00000289. The Morgan fingerprint density at radius 1 is 1.33 bits per heavy atom. The Bertz CT molecular complexity index is 376. The van der Waals surface area contributed by atoms with Crippen molar-refractivity contribution in [1.82, 2.24) is 0 Å². The fourth-order valence-electron chi connectivity index (χ4n) is 1.67. The lowest BCUT2D eigenvalue weighted by Gasteiger charge is -2.21. The van der Waals surface area contributed by atoms with Gasteiger partial charge in [-0.25, -0.2) is 4.39 Å². The van der Waals surface area contributed by atoms with E-state index in [4.69, 9.17) is 5.73 Å². The highest BCUT2D eigenvalue weighted by Gasteiger charge is 2.20. The van der Waals surface area contributed by atoms with Gasteiger partial charge in [0.25, 0.3) is 0 Å². The molecule has 0 aliphatic rings. The first-order valence-corrected chi connectivity index (χ1v) is 6.60. The van der Waals surface area contributed by atoms with Crippen molar-refractivity contribution < 1.29 is 9.50 Å². The molecule has 0 bridgehead atoms. The molecule has 0 saturated carbocycles. The number of aliphatic hydroxyl groups excluding tert-OH is 1. The van der Waals surface area contributed by atoms with Crippen LogP contribution >= 0.6 is 28.3 Å². The van der Waals surface area contributed by atoms with E-state index in [0.717, 1.165) is 6.42 Å². The molecule has 0 aliphatic heterocycles. The van der Waals surface area contributed by atoms with Gasteiger partial charge in [-0.1, -0.05) is 26.0 Å². The van der Waals surface area contributed by atoms with Gasteiger partial charge in [0.1, 0.15) is 5.82 Å². The highest BCUT2D eigenvalue weighted by atomic mass is 79.9. The predicted octanol–water partition coefficient (Wildman–Crippen LogP) is 3.81. The van der Waals surface area contributed by atoms with E-state index in [2.05, 4.69) is 29.8 Å². The Morgan fingerprint density at radius 3 is 2.50 bits per heavy atom. The summed E-state index contributed by atoms with van der Waals surface area (Å²) in [6.07, 6.45) is 0.888. The molecule has 2 nitrogen and oxygen atoms in total. The van der Waals surface area contributed by atoms with Crippen molar-refractivity contribution in [2.45, 2.75) is 38.8 Å². The zero-order valence-corrected chi connectivity index (χ0v) is 13.0. The summed E-state index contributed by atoms with van der Waals surface area (Å²) in [6.45, 7) is 4.19. The van der Waals surface area contributed by atoms with Gasteiger partial charge in [0.2, 0.25) is 0 Å². The molecule has 0 heterocycles. The van der Waals surface area contributed by atoms with Gasteiger partial charge in [-0.2, -0.15) is 0 Å². The minimum absolute atomic E-state index is 0. The van der Waals surface area contributed by atoms with Crippen LogP contribution in [0.15, 0.2) is 22.7 Å². The third-order valence-electron chi connectivity index (χ3n) is 2.79. The number of aliphatic hydroxyl groups is 1. The molecule has 0 fully saturated rings. The molecule has 0 radical (unpaired) electrons. The molecule has 0 aromatic heterocycles. The van der Waals surface area contributed by atoms with Gasteiger partial charge in [-0.15, -0.1) is 12.4 Å². The van der Waals surface area contributed by atoms with E-state index in [9.17, 15) is 9.50 Å². The van der Waals surface area contributed by atoms with Crippen LogP contribution in [0.5, 0.6) is 0 Å². The van der Waals surface area contributed by atoms with Crippen LogP contribution in [-0.4, -0.2) is 11.2 Å². The van der Waals surface area contributed by atoms with Crippen LogP contribution < -0.4 is 5.73 Å². The van der Waals surface area contributed by atoms with Crippen molar-refractivity contribution in [3.8, 4) is 0 Å². The first-order chi connectivity index (χ1) is 7.93. The van der Waals surface area contributed by atoms with Gasteiger partial charge in [0.05, 0.1) is 16.6 Å². The summed E-state index contributed by atoms with van der Waals surface area (Å²) in [7, 11) is 0. The number of hydrogen-bond donors (Lipinski definition) is 2. The number of hydrogen-bond acceptors (Lipinski definition) is 2. The molecule has 0 spiro atoms. The lowest BCUT2D eigenvalue weighted by molar-refractivity contribution is 0.128. The fraction of sp³-hybridized carbons (Fsp3) is 0.538. The molecule has 1 aromatic carbocycles. The van der Waals surface area contributed by atoms with Gasteiger partial charge in [0.15, 0.2) is 0 Å². The summed E-state index contributed by atoms with van der Waals surface area (Å²) in [6, 6.07) is 4.14. The summed E-state index contributed by atoms with van der Waals surface area (Å²) < 4.78 is 13.7. The van der Waals surface area contributed by atoms with Crippen LogP contribution in [0.4, 0.5) is 4.39 Å². The number of nitrogens with two attached hydrogens (primary N) is 1. The molecule has 18 heavy (non-hydrogen) atoms. The van der Waals surface area contributed by atoms with Gasteiger partial charge in [0, 0.05) is 0 Å². The van der Waals surface area contributed by atoms with Gasteiger partial charge < -0.3 is 10.8 Å². The Kier molecular flexibility index (Phi) is 8.03. The second-order valence-electron chi connectivity index (χ2n) is 4.71. The van der Waals surface area contributed by atoms with E-state index in [1.165, 1.54) is 6.07 Å². The third-order valence-corrected chi connectivity index (χ3v) is 3.63. The molecule has 1 aromatic rings. The first-order valence-electron chi connectivity index (χ1n) is 5.81. The molecule has 104 valence electrons. The van der Waals surface area contributed by atoms with Crippen molar-refractivity contribution in [3.05, 3.63) is 34.1 Å². The standard InChI is InChI=1S/C13H19BrFNO.ClH/c1-8(2)6-7-11(17)13(16)9-4-3-5-10(15)12(9)14;/h3-5,8,11,13,17H,6-7,16H2,1-2H3;1H/t11-,13+;/m0./s1. The summed E-state index contributed by atoms with van der Waals surface area (Å²) in [4.78, 5) is 0. The highest BCUT2D eigenvalue weighted by Crippen LogP contribution is 2.28. The maximum atomic E-state index is 13.3. The number of benzene rings is 1. The summed E-state index contributed by atoms with van der Waals surface area (Å²) >= 11 is 3.16. The van der Waals surface area contributed by atoms with E-state index < -0.39 is 12.1 Å². The summed E-state index contributed by atoms with van der Waals surface area (Å²) in [5, 5.41) is 9.97. The molecule has 1 rings (SSSR count). The molecular formula is C13H20BrClFNO. The number of rotatable bonds is 5. The molecule has 0 saturated heterocycles. The van der Waals surface area contributed by atoms with Crippen molar-refractivity contribution in [3.63, 3.8) is 0 Å². The SMILES string of the molecule is CC(C)CC[C@H](O)[C@H](N)c1cccc(F)c1Br.Cl. The van der Waals surface area contributed by atoms with Crippen molar-refractivity contribution >= 4 is 28.3 Å². The monoisotopic (exact) mass is 339 g/mol. The minimum Gasteiger partial charge on any atom is -0.391 e. The van der Waals surface area contributed by atoms with Crippen LogP contribution in [0.3, 0.4) is 0 Å². The second kappa shape index (κ2) is 8.10. The van der Waals surface area contributed by atoms with Crippen LogP contribution in [0, 0.1) is 11.7 Å². The van der Waals surface area contributed by atoms with Gasteiger partial charge >= 0.3 is 0 Å². The molecule has 5 heteroatoms. The Hall–Kier alpha value is -0.160. The Labute approximate surface area is 122 Å².